The van der Waals surface area contributed by atoms with E-state index in [4.69, 9.17) is 0 Å². The molecule has 0 radical (unpaired) electrons. The van der Waals surface area contributed by atoms with E-state index >= 15 is 0 Å². The van der Waals surface area contributed by atoms with Crippen LogP contribution in [-0.2, 0) is 9.59 Å². The molecule has 12 heavy (non-hydrogen) atoms. The summed E-state index contributed by atoms with van der Waals surface area (Å²) in [7, 11) is 0. The maximum Gasteiger partial charge on any atom is 0.224 e. The molecule has 0 bridgehead atoms. The molecule has 2 nitrogen and oxygen atoms in total. The molecule has 0 amide bonds. The maximum atomic E-state index is 11.3. The topological polar surface area (TPSA) is 34.1 Å². The average molecular weight is 164 g/mol. The Bertz CT molecular complexity index is 284. The van der Waals surface area contributed by atoms with Crippen LogP contribution in [0.3, 0.4) is 0 Å². The zero-order chi connectivity index (χ0) is 9.30. The van der Waals surface area contributed by atoms with Crippen LogP contribution in [0, 0.1) is 5.92 Å². The lowest BCUT2D eigenvalue weighted by atomic mass is 9.84. The first-order valence-corrected chi connectivity index (χ1v) is 3.94. The Kier molecular flexibility index (Phi) is 2.27. The third-order valence-corrected chi connectivity index (χ3v) is 2.15. The van der Waals surface area contributed by atoms with Crippen LogP contribution in [0.1, 0.15) is 20.3 Å². The van der Waals surface area contributed by atoms with E-state index in [2.05, 4.69) is 6.58 Å². The van der Waals surface area contributed by atoms with Crippen molar-refractivity contribution in [1.82, 2.24) is 0 Å². The largest absolute Gasteiger partial charge is 0.290 e. The molecule has 1 aliphatic carbocycles. The molecule has 0 aliphatic heterocycles. The van der Waals surface area contributed by atoms with Gasteiger partial charge in [-0.05, 0) is 25.8 Å². The number of carbonyl (C=O) groups excluding carboxylic acids is 2. The van der Waals surface area contributed by atoms with Gasteiger partial charge in [0.05, 0.1) is 0 Å². The minimum Gasteiger partial charge on any atom is -0.290 e. The molecule has 2 heteroatoms. The number of hydrogen-bond donors (Lipinski definition) is 0. The number of rotatable bonds is 1. The van der Waals surface area contributed by atoms with Crippen molar-refractivity contribution in [3.05, 3.63) is 23.8 Å². The van der Waals surface area contributed by atoms with Crippen LogP contribution in [0.4, 0.5) is 0 Å². The summed E-state index contributed by atoms with van der Waals surface area (Å²) in [5.74, 6) is -0.932. The molecule has 0 N–H and O–H groups in total. The lowest BCUT2D eigenvalue weighted by Gasteiger charge is -2.17. The summed E-state index contributed by atoms with van der Waals surface area (Å²) in [4.78, 5) is 22.5. The Hall–Kier alpha value is -1.18. The SMILES string of the molecule is C=C(C)C1CC=C(C)C(=O)C1=O. The van der Waals surface area contributed by atoms with E-state index in [1.165, 1.54) is 0 Å². The summed E-state index contributed by atoms with van der Waals surface area (Å²) in [6.07, 6.45) is 2.44. The number of hydrogen-bond acceptors (Lipinski definition) is 2. The fourth-order valence-corrected chi connectivity index (χ4v) is 1.27. The van der Waals surface area contributed by atoms with E-state index < -0.39 is 0 Å². The molecule has 1 atom stereocenters. The Balaban J connectivity index is 2.95. The minimum absolute atomic E-state index is 0.277. The van der Waals surface area contributed by atoms with Gasteiger partial charge >= 0.3 is 0 Å². The highest BCUT2D eigenvalue weighted by Gasteiger charge is 2.29. The molecule has 0 aromatic carbocycles. The van der Waals surface area contributed by atoms with E-state index in [0.29, 0.717) is 12.0 Å². The van der Waals surface area contributed by atoms with Gasteiger partial charge in [-0.25, -0.2) is 0 Å². The molecule has 0 heterocycles. The Morgan fingerprint density at radius 2 is 2.17 bits per heavy atom. The van der Waals surface area contributed by atoms with Crippen molar-refractivity contribution in [1.29, 1.82) is 0 Å². The van der Waals surface area contributed by atoms with Crippen LogP contribution in [0.5, 0.6) is 0 Å². The third-order valence-electron chi connectivity index (χ3n) is 2.15. The molecule has 1 rings (SSSR count). The van der Waals surface area contributed by atoms with Gasteiger partial charge in [0.25, 0.3) is 0 Å². The van der Waals surface area contributed by atoms with Crippen LogP contribution in [0.25, 0.3) is 0 Å². The molecule has 0 aromatic rings. The molecular weight excluding hydrogens is 152 g/mol. The van der Waals surface area contributed by atoms with E-state index in [0.717, 1.165) is 5.57 Å². The first kappa shape index (κ1) is 8.91. The highest BCUT2D eigenvalue weighted by atomic mass is 16.2. The molecule has 1 unspecified atom stereocenters. The number of carbonyl (C=O) groups is 2. The standard InChI is InChI=1S/C10H12O2/c1-6(2)8-5-4-7(3)9(11)10(8)12/h4,8H,1,5H2,2-3H3. The van der Waals surface area contributed by atoms with E-state index in [1.807, 2.05) is 6.08 Å². The van der Waals surface area contributed by atoms with Crippen molar-refractivity contribution in [2.45, 2.75) is 20.3 Å². The Morgan fingerprint density at radius 1 is 1.58 bits per heavy atom. The molecule has 64 valence electrons. The molecule has 0 saturated heterocycles. The average Bonchev–Trinajstić information content (AvgIpc) is 2.00. The summed E-state index contributed by atoms with van der Waals surface area (Å²) in [6.45, 7) is 7.14. The summed E-state index contributed by atoms with van der Waals surface area (Å²) in [6, 6.07) is 0. The maximum absolute atomic E-state index is 11.3. The normalized spacial score (nSPS) is 23.8. The number of ketones is 2. The van der Waals surface area contributed by atoms with Crippen LogP contribution in [-0.4, -0.2) is 11.6 Å². The summed E-state index contributed by atoms with van der Waals surface area (Å²) < 4.78 is 0. The monoisotopic (exact) mass is 164 g/mol. The van der Waals surface area contributed by atoms with E-state index in [-0.39, 0.29) is 17.5 Å². The van der Waals surface area contributed by atoms with Crippen molar-refractivity contribution >= 4 is 11.6 Å². The molecule has 0 fully saturated rings. The quantitative estimate of drug-likeness (QED) is 0.436. The zero-order valence-electron chi connectivity index (χ0n) is 7.39. The third kappa shape index (κ3) is 1.37. The van der Waals surface area contributed by atoms with Gasteiger partial charge in [-0.2, -0.15) is 0 Å². The Morgan fingerprint density at radius 3 is 2.67 bits per heavy atom. The lowest BCUT2D eigenvalue weighted by Crippen LogP contribution is -2.28. The molecule has 0 spiro atoms. The van der Waals surface area contributed by atoms with Crippen molar-refractivity contribution < 1.29 is 9.59 Å². The van der Waals surface area contributed by atoms with Gasteiger partial charge in [0, 0.05) is 5.92 Å². The summed E-state index contributed by atoms with van der Waals surface area (Å²) >= 11 is 0. The van der Waals surface area contributed by atoms with Crippen LogP contribution < -0.4 is 0 Å². The van der Waals surface area contributed by atoms with E-state index in [9.17, 15) is 9.59 Å². The molecular formula is C10H12O2. The van der Waals surface area contributed by atoms with Gasteiger partial charge in [0.15, 0.2) is 0 Å². The van der Waals surface area contributed by atoms with Crippen LogP contribution >= 0.6 is 0 Å². The predicted molar refractivity (Wildman–Crippen MR) is 46.7 cm³/mol. The summed E-state index contributed by atoms with van der Waals surface area (Å²) in [5, 5.41) is 0. The predicted octanol–water partition coefficient (Wildman–Crippen LogP) is 1.67. The lowest BCUT2D eigenvalue weighted by molar-refractivity contribution is -0.136. The fourth-order valence-electron chi connectivity index (χ4n) is 1.27. The van der Waals surface area contributed by atoms with Gasteiger partial charge in [-0.15, -0.1) is 0 Å². The van der Waals surface area contributed by atoms with Gasteiger partial charge in [-0.1, -0.05) is 18.2 Å². The first-order valence-electron chi connectivity index (χ1n) is 3.94. The highest BCUT2D eigenvalue weighted by molar-refractivity contribution is 6.45. The second-order valence-corrected chi connectivity index (χ2v) is 3.22. The van der Waals surface area contributed by atoms with Crippen molar-refractivity contribution in [3.8, 4) is 0 Å². The smallest absolute Gasteiger partial charge is 0.224 e. The second-order valence-electron chi connectivity index (χ2n) is 3.22. The zero-order valence-corrected chi connectivity index (χ0v) is 7.39. The first-order chi connectivity index (χ1) is 5.54. The second kappa shape index (κ2) is 3.05. The number of allylic oxidation sites excluding steroid dienone is 3. The van der Waals surface area contributed by atoms with E-state index in [1.54, 1.807) is 13.8 Å². The van der Waals surface area contributed by atoms with Crippen molar-refractivity contribution in [2.24, 2.45) is 5.92 Å². The van der Waals surface area contributed by atoms with Crippen LogP contribution in [0.2, 0.25) is 0 Å². The Labute approximate surface area is 72.0 Å². The minimum atomic E-state index is -0.353. The summed E-state index contributed by atoms with van der Waals surface area (Å²) in [5.41, 5.74) is 1.34. The molecule has 0 saturated carbocycles. The highest BCUT2D eigenvalue weighted by Crippen LogP contribution is 2.22. The number of Topliss-reactive ketones (excluding diaryl/α,β-unsaturated/α-hetero) is 2. The van der Waals surface area contributed by atoms with Crippen LogP contribution in [0.15, 0.2) is 23.8 Å². The van der Waals surface area contributed by atoms with Crippen molar-refractivity contribution in [2.75, 3.05) is 0 Å². The van der Waals surface area contributed by atoms with Gasteiger partial charge in [-0.3, -0.25) is 9.59 Å². The van der Waals surface area contributed by atoms with Gasteiger partial charge < -0.3 is 0 Å². The fraction of sp³-hybridized carbons (Fsp3) is 0.400. The molecule has 0 aromatic heterocycles. The molecule has 1 aliphatic rings. The van der Waals surface area contributed by atoms with Crippen molar-refractivity contribution in [3.63, 3.8) is 0 Å². The van der Waals surface area contributed by atoms with Gasteiger partial charge in [0.1, 0.15) is 0 Å². The van der Waals surface area contributed by atoms with Gasteiger partial charge in [0.2, 0.25) is 11.6 Å².